The van der Waals surface area contributed by atoms with Crippen molar-refractivity contribution < 1.29 is 0 Å². The Balaban J connectivity index is 0.00000176. The van der Waals surface area contributed by atoms with E-state index in [1.807, 2.05) is 12.3 Å². The van der Waals surface area contributed by atoms with Crippen molar-refractivity contribution in [1.29, 1.82) is 0 Å². The number of pyridine rings is 1. The summed E-state index contributed by atoms with van der Waals surface area (Å²) in [5, 5.41) is 4.71. The quantitative estimate of drug-likeness (QED) is 0.912. The molecule has 0 amide bonds. The molecule has 0 unspecified atom stereocenters. The first-order valence-electron chi connectivity index (χ1n) is 8.15. The van der Waals surface area contributed by atoms with Crippen molar-refractivity contribution in [2.24, 2.45) is 0 Å². The minimum atomic E-state index is 0. The Morgan fingerprint density at radius 3 is 2.77 bits per heavy atom. The Labute approximate surface area is 139 Å². The van der Waals surface area contributed by atoms with Crippen LogP contribution in [0.3, 0.4) is 0 Å². The molecule has 3 nitrogen and oxygen atoms in total. The van der Waals surface area contributed by atoms with Crippen LogP contribution in [0.5, 0.6) is 0 Å². The van der Waals surface area contributed by atoms with Crippen molar-refractivity contribution in [3.8, 4) is 0 Å². The van der Waals surface area contributed by atoms with Crippen LogP contribution in [-0.4, -0.2) is 35.6 Å². The zero-order chi connectivity index (χ0) is 14.5. The third-order valence-electron chi connectivity index (χ3n) is 4.37. The lowest BCUT2D eigenvalue weighted by Gasteiger charge is -2.34. The summed E-state index contributed by atoms with van der Waals surface area (Å²) >= 11 is 0. The number of para-hydroxylation sites is 1. The fraction of sp³-hybridized carbons (Fsp3) is 0.500. The van der Waals surface area contributed by atoms with Crippen molar-refractivity contribution in [1.82, 2.24) is 15.2 Å². The average Bonchev–Trinajstić information content (AvgIpc) is 2.55. The van der Waals surface area contributed by atoms with E-state index in [4.69, 9.17) is 0 Å². The Kier molecular flexibility index (Phi) is 6.62. The number of halogens is 1. The van der Waals surface area contributed by atoms with E-state index in [9.17, 15) is 0 Å². The van der Waals surface area contributed by atoms with Gasteiger partial charge in [-0.25, -0.2) is 0 Å². The number of nitrogens with one attached hydrogen (secondary N) is 1. The summed E-state index contributed by atoms with van der Waals surface area (Å²) in [7, 11) is 0. The Bertz CT molecular complexity index is 581. The van der Waals surface area contributed by atoms with Crippen LogP contribution in [0.2, 0.25) is 0 Å². The zero-order valence-corrected chi connectivity index (χ0v) is 14.1. The first-order valence-corrected chi connectivity index (χ1v) is 8.15. The number of aromatic nitrogens is 1. The normalized spacial score (nSPS) is 15.9. The van der Waals surface area contributed by atoms with Gasteiger partial charge in [-0.05, 0) is 56.6 Å². The van der Waals surface area contributed by atoms with Crippen LogP contribution < -0.4 is 5.32 Å². The molecule has 2 heterocycles. The molecule has 0 atom stereocenters. The second-order valence-electron chi connectivity index (χ2n) is 5.99. The molecule has 1 N–H and O–H groups in total. The number of hydrogen-bond donors (Lipinski definition) is 1. The number of benzene rings is 1. The first kappa shape index (κ1) is 17.2. The van der Waals surface area contributed by atoms with Crippen molar-refractivity contribution in [2.75, 3.05) is 19.6 Å². The third kappa shape index (κ3) is 4.19. The van der Waals surface area contributed by atoms with E-state index < -0.39 is 0 Å². The minimum absolute atomic E-state index is 0. The van der Waals surface area contributed by atoms with Crippen LogP contribution in [0.4, 0.5) is 0 Å². The summed E-state index contributed by atoms with van der Waals surface area (Å²) in [5.74, 6) is 0. The zero-order valence-electron chi connectivity index (χ0n) is 13.3. The Hall–Kier alpha value is -1.16. The predicted molar refractivity (Wildman–Crippen MR) is 95.6 cm³/mol. The van der Waals surface area contributed by atoms with Crippen LogP contribution >= 0.6 is 12.4 Å². The van der Waals surface area contributed by atoms with E-state index in [-0.39, 0.29) is 12.4 Å². The predicted octanol–water partition coefficient (Wildman–Crippen LogP) is 3.62. The van der Waals surface area contributed by atoms with E-state index >= 15 is 0 Å². The largest absolute Gasteiger partial charge is 0.317 e. The second-order valence-corrected chi connectivity index (χ2v) is 5.99. The lowest BCUT2D eigenvalue weighted by atomic mass is 10.0. The van der Waals surface area contributed by atoms with Gasteiger partial charge in [-0.2, -0.15) is 0 Å². The highest BCUT2D eigenvalue weighted by atomic mass is 35.5. The number of nitrogens with zero attached hydrogens (tertiary/aromatic N) is 2. The van der Waals surface area contributed by atoms with Crippen LogP contribution in [-0.2, 0) is 6.54 Å². The summed E-state index contributed by atoms with van der Waals surface area (Å²) in [5.41, 5.74) is 2.42. The topological polar surface area (TPSA) is 28.2 Å². The summed E-state index contributed by atoms with van der Waals surface area (Å²) in [6, 6.07) is 11.4. The van der Waals surface area contributed by atoms with Crippen LogP contribution in [0, 0.1) is 0 Å². The van der Waals surface area contributed by atoms with E-state index in [0.717, 1.165) is 31.2 Å². The maximum atomic E-state index is 4.60. The average molecular weight is 320 g/mol. The van der Waals surface area contributed by atoms with Crippen LogP contribution in [0.15, 0.2) is 36.5 Å². The van der Waals surface area contributed by atoms with Crippen LogP contribution in [0.25, 0.3) is 10.9 Å². The lowest BCUT2D eigenvalue weighted by Crippen LogP contribution is -2.43. The molecule has 1 fully saturated rings. The molecule has 0 aliphatic carbocycles. The highest BCUT2D eigenvalue weighted by Crippen LogP contribution is 2.18. The van der Waals surface area contributed by atoms with Crippen molar-refractivity contribution in [2.45, 2.75) is 38.8 Å². The van der Waals surface area contributed by atoms with Gasteiger partial charge in [-0.3, -0.25) is 9.88 Å². The molecule has 3 rings (SSSR count). The third-order valence-corrected chi connectivity index (χ3v) is 4.37. The van der Waals surface area contributed by atoms with Gasteiger partial charge >= 0.3 is 0 Å². The number of fused-ring (bicyclic) bond motifs is 1. The molecule has 1 aromatic carbocycles. The molecule has 0 bridgehead atoms. The first-order chi connectivity index (χ1) is 10.4. The van der Waals surface area contributed by atoms with Gasteiger partial charge in [-0.1, -0.05) is 25.1 Å². The second kappa shape index (κ2) is 8.47. The number of rotatable bonds is 5. The van der Waals surface area contributed by atoms with Crippen LogP contribution in [0.1, 0.15) is 31.7 Å². The highest BCUT2D eigenvalue weighted by molar-refractivity contribution is 5.85. The van der Waals surface area contributed by atoms with Crippen molar-refractivity contribution in [3.63, 3.8) is 0 Å². The molecule has 2 aromatic rings. The Morgan fingerprint density at radius 1 is 1.23 bits per heavy atom. The maximum Gasteiger partial charge on any atom is 0.0702 e. The molecule has 0 radical (unpaired) electrons. The molecule has 22 heavy (non-hydrogen) atoms. The highest BCUT2D eigenvalue weighted by Gasteiger charge is 2.20. The smallest absolute Gasteiger partial charge is 0.0702 e. The fourth-order valence-corrected chi connectivity index (χ4v) is 3.29. The minimum Gasteiger partial charge on any atom is -0.317 e. The summed E-state index contributed by atoms with van der Waals surface area (Å²) in [4.78, 5) is 7.25. The molecule has 1 aliphatic rings. The molecule has 120 valence electrons. The van der Waals surface area contributed by atoms with Gasteiger partial charge in [0.2, 0.25) is 0 Å². The van der Waals surface area contributed by atoms with E-state index in [1.54, 1.807) is 0 Å². The van der Waals surface area contributed by atoms with Gasteiger partial charge in [-0.15, -0.1) is 12.4 Å². The van der Waals surface area contributed by atoms with E-state index in [0.29, 0.717) is 0 Å². The van der Waals surface area contributed by atoms with E-state index in [1.165, 1.54) is 36.8 Å². The molecular weight excluding hydrogens is 294 g/mol. The summed E-state index contributed by atoms with van der Waals surface area (Å²) in [6.45, 7) is 6.78. The number of piperidine rings is 1. The van der Waals surface area contributed by atoms with Gasteiger partial charge in [0.1, 0.15) is 0 Å². The van der Waals surface area contributed by atoms with Gasteiger partial charge in [0, 0.05) is 24.2 Å². The van der Waals surface area contributed by atoms with Crippen molar-refractivity contribution >= 4 is 23.3 Å². The van der Waals surface area contributed by atoms with Gasteiger partial charge in [0.25, 0.3) is 0 Å². The molecule has 0 saturated carbocycles. The fourth-order valence-electron chi connectivity index (χ4n) is 3.29. The summed E-state index contributed by atoms with van der Waals surface area (Å²) in [6.07, 6.45) is 5.79. The molecule has 0 spiro atoms. The summed E-state index contributed by atoms with van der Waals surface area (Å²) < 4.78 is 0. The van der Waals surface area contributed by atoms with Gasteiger partial charge in [0.15, 0.2) is 0 Å². The molecule has 4 heteroatoms. The van der Waals surface area contributed by atoms with Gasteiger partial charge < -0.3 is 5.32 Å². The van der Waals surface area contributed by atoms with Crippen molar-refractivity contribution in [3.05, 3.63) is 42.1 Å². The molecular formula is C18H26ClN3. The molecule has 1 aromatic heterocycles. The Morgan fingerprint density at radius 2 is 2.00 bits per heavy atom. The van der Waals surface area contributed by atoms with Gasteiger partial charge in [0.05, 0.1) is 5.52 Å². The molecule has 1 aliphatic heterocycles. The monoisotopic (exact) mass is 319 g/mol. The SMILES string of the molecule is CCCN(Cc1cnc2ccccc2c1)C1CCNCC1.Cl. The molecule has 1 saturated heterocycles. The lowest BCUT2D eigenvalue weighted by molar-refractivity contribution is 0.154. The standard InChI is InChI=1S/C18H25N3.ClH/c1-2-11-21(17-7-9-19-10-8-17)14-15-12-16-5-3-4-6-18(16)20-13-15;/h3-6,12-13,17,19H,2,7-11,14H2,1H3;1H. The number of hydrogen-bond acceptors (Lipinski definition) is 3. The maximum absolute atomic E-state index is 4.60. The van der Waals surface area contributed by atoms with E-state index in [2.05, 4.69) is 46.4 Å².